The van der Waals surface area contributed by atoms with Crippen molar-refractivity contribution in [2.75, 3.05) is 18.5 Å². The zero-order valence-corrected chi connectivity index (χ0v) is 17.7. The summed E-state index contributed by atoms with van der Waals surface area (Å²) in [6.07, 6.45) is 0.490. The fraction of sp³-hybridized carbons (Fsp3) is 0.217. The Labute approximate surface area is 189 Å². The fourth-order valence-corrected chi connectivity index (χ4v) is 4.29. The zero-order valence-electron chi connectivity index (χ0n) is 16.9. The second-order valence-electron chi connectivity index (χ2n) is 7.65. The van der Waals surface area contributed by atoms with Crippen molar-refractivity contribution < 1.29 is 14.3 Å². The smallest absolute Gasteiger partial charge is 0.275 e. The number of nitriles is 1. The van der Waals surface area contributed by atoms with Crippen LogP contribution < -0.4 is 10.1 Å². The first-order chi connectivity index (χ1) is 15.5. The molecule has 3 heterocycles. The van der Waals surface area contributed by atoms with E-state index in [2.05, 4.69) is 10.4 Å². The number of benzene rings is 2. The van der Waals surface area contributed by atoms with Crippen LogP contribution in [0.25, 0.3) is 0 Å². The van der Waals surface area contributed by atoms with Crippen LogP contribution in [0.2, 0.25) is 5.15 Å². The van der Waals surface area contributed by atoms with E-state index in [0.29, 0.717) is 47.2 Å². The lowest BCUT2D eigenvalue weighted by atomic mass is 10.0. The van der Waals surface area contributed by atoms with Crippen LogP contribution in [0.1, 0.15) is 27.2 Å². The van der Waals surface area contributed by atoms with Crippen molar-refractivity contribution in [3.05, 3.63) is 76.1 Å². The summed E-state index contributed by atoms with van der Waals surface area (Å²) in [4.78, 5) is 27.7. The topological polar surface area (TPSA) is 100 Å². The molecule has 0 unspecified atom stereocenters. The van der Waals surface area contributed by atoms with E-state index in [1.54, 1.807) is 22.9 Å². The molecule has 0 fully saturated rings. The summed E-state index contributed by atoms with van der Waals surface area (Å²) < 4.78 is 7.41. The molecule has 1 N–H and O–H groups in total. The molecule has 160 valence electrons. The van der Waals surface area contributed by atoms with Gasteiger partial charge in [0.15, 0.2) is 5.69 Å². The zero-order chi connectivity index (χ0) is 22.2. The van der Waals surface area contributed by atoms with Gasteiger partial charge in [0.2, 0.25) is 0 Å². The number of rotatable bonds is 3. The van der Waals surface area contributed by atoms with Crippen LogP contribution in [0.15, 0.2) is 48.5 Å². The number of anilines is 1. The minimum atomic E-state index is -0.827. The number of halogens is 1. The highest BCUT2D eigenvalue weighted by molar-refractivity contribution is 6.31. The van der Waals surface area contributed by atoms with Crippen LogP contribution in [-0.2, 0) is 17.8 Å². The molecule has 0 saturated heterocycles. The van der Waals surface area contributed by atoms with Gasteiger partial charge in [0.1, 0.15) is 23.6 Å². The van der Waals surface area contributed by atoms with Crippen molar-refractivity contribution in [1.29, 1.82) is 5.26 Å². The number of nitrogens with one attached hydrogen (secondary N) is 1. The molecule has 2 aliphatic heterocycles. The number of nitrogens with zero attached hydrogens (tertiary/aromatic N) is 4. The molecule has 32 heavy (non-hydrogen) atoms. The highest BCUT2D eigenvalue weighted by atomic mass is 35.5. The number of fused-ring (bicyclic) bond motifs is 2. The standard InChI is InChI=1S/C23H18ClN5O3/c24-21-16-8-9-28(23(31)20(16)27-29(21)12-14-4-2-1-3-5-14)18-13-32-19-10-15(11-25)6-7-17(19)26-22(18)30/h1-7,10,18H,8-9,12-13H2,(H,26,30)/t18-/m0/s1. The lowest BCUT2D eigenvalue weighted by Gasteiger charge is -2.31. The second-order valence-corrected chi connectivity index (χ2v) is 8.01. The fourth-order valence-electron chi connectivity index (χ4n) is 4.01. The molecule has 0 aliphatic carbocycles. The van der Waals surface area contributed by atoms with Gasteiger partial charge in [-0.3, -0.25) is 9.59 Å². The van der Waals surface area contributed by atoms with Crippen molar-refractivity contribution in [2.45, 2.75) is 19.0 Å². The number of hydrogen-bond donors (Lipinski definition) is 1. The Balaban J connectivity index is 1.39. The first-order valence-electron chi connectivity index (χ1n) is 10.1. The number of amides is 2. The summed E-state index contributed by atoms with van der Waals surface area (Å²) in [5, 5.41) is 16.8. The molecule has 1 atom stereocenters. The number of hydrogen-bond acceptors (Lipinski definition) is 5. The van der Waals surface area contributed by atoms with Gasteiger partial charge in [0.05, 0.1) is 23.9 Å². The summed E-state index contributed by atoms with van der Waals surface area (Å²) in [6, 6.07) is 15.7. The monoisotopic (exact) mass is 447 g/mol. The molecule has 3 aromatic rings. The van der Waals surface area contributed by atoms with Crippen LogP contribution in [0.5, 0.6) is 5.75 Å². The molecular formula is C23H18ClN5O3. The predicted molar refractivity (Wildman–Crippen MR) is 117 cm³/mol. The maximum Gasteiger partial charge on any atom is 0.275 e. The Morgan fingerprint density at radius 3 is 2.81 bits per heavy atom. The average Bonchev–Trinajstić information content (AvgIpc) is 3.02. The molecule has 2 aliphatic rings. The van der Waals surface area contributed by atoms with Crippen LogP contribution in [0.3, 0.4) is 0 Å². The van der Waals surface area contributed by atoms with E-state index in [1.807, 2.05) is 36.4 Å². The summed E-state index contributed by atoms with van der Waals surface area (Å²) in [5.74, 6) is -0.298. The van der Waals surface area contributed by atoms with Crippen molar-refractivity contribution in [3.63, 3.8) is 0 Å². The summed E-state index contributed by atoms with van der Waals surface area (Å²) >= 11 is 6.53. The van der Waals surface area contributed by atoms with Crippen molar-refractivity contribution in [1.82, 2.24) is 14.7 Å². The molecule has 0 spiro atoms. The molecule has 2 aromatic carbocycles. The predicted octanol–water partition coefficient (Wildman–Crippen LogP) is 2.85. The largest absolute Gasteiger partial charge is 0.489 e. The Kier molecular flexibility index (Phi) is 5.04. The van der Waals surface area contributed by atoms with Gasteiger partial charge in [0.25, 0.3) is 11.8 Å². The average molecular weight is 448 g/mol. The lowest BCUT2D eigenvalue weighted by Crippen LogP contribution is -2.52. The van der Waals surface area contributed by atoms with Gasteiger partial charge >= 0.3 is 0 Å². The number of carbonyl (C=O) groups is 2. The second kappa shape index (κ2) is 8.02. The van der Waals surface area contributed by atoms with Gasteiger partial charge in [0, 0.05) is 18.2 Å². The van der Waals surface area contributed by atoms with E-state index in [0.717, 1.165) is 5.56 Å². The highest BCUT2D eigenvalue weighted by Crippen LogP contribution is 2.31. The molecule has 8 nitrogen and oxygen atoms in total. The molecule has 0 radical (unpaired) electrons. The molecule has 2 amide bonds. The summed E-state index contributed by atoms with van der Waals surface area (Å²) in [6.45, 7) is 0.751. The minimum absolute atomic E-state index is 0.0206. The minimum Gasteiger partial charge on any atom is -0.489 e. The van der Waals surface area contributed by atoms with Gasteiger partial charge in [-0.2, -0.15) is 10.4 Å². The van der Waals surface area contributed by atoms with Crippen molar-refractivity contribution in [2.24, 2.45) is 0 Å². The molecule has 0 bridgehead atoms. The molecular weight excluding hydrogens is 430 g/mol. The molecule has 0 saturated carbocycles. The Morgan fingerprint density at radius 1 is 1.22 bits per heavy atom. The lowest BCUT2D eigenvalue weighted by molar-refractivity contribution is -0.121. The third kappa shape index (κ3) is 3.47. The van der Waals surface area contributed by atoms with Crippen LogP contribution in [0.4, 0.5) is 5.69 Å². The first kappa shape index (κ1) is 20.1. The van der Waals surface area contributed by atoms with Gasteiger partial charge in [-0.1, -0.05) is 41.9 Å². The third-order valence-corrected chi connectivity index (χ3v) is 6.09. The molecule has 5 rings (SSSR count). The Morgan fingerprint density at radius 2 is 2.03 bits per heavy atom. The van der Waals surface area contributed by atoms with E-state index >= 15 is 0 Å². The third-order valence-electron chi connectivity index (χ3n) is 5.67. The van der Waals surface area contributed by atoms with Gasteiger partial charge in [-0.15, -0.1) is 0 Å². The number of aromatic nitrogens is 2. The summed E-state index contributed by atoms with van der Waals surface area (Å²) in [5.41, 5.74) is 2.87. The Bertz CT molecular complexity index is 1260. The normalized spacial score (nSPS) is 17.5. The van der Waals surface area contributed by atoms with Gasteiger partial charge < -0.3 is 15.0 Å². The first-order valence-corrected chi connectivity index (χ1v) is 10.5. The van der Waals surface area contributed by atoms with Gasteiger partial charge in [-0.25, -0.2) is 4.68 Å². The quantitative estimate of drug-likeness (QED) is 0.665. The number of carbonyl (C=O) groups excluding carboxylic acids is 2. The van der Waals surface area contributed by atoms with Crippen LogP contribution in [0, 0.1) is 11.3 Å². The van der Waals surface area contributed by atoms with Crippen LogP contribution >= 0.6 is 11.6 Å². The summed E-state index contributed by atoms with van der Waals surface area (Å²) in [7, 11) is 0. The van der Waals surface area contributed by atoms with Crippen molar-refractivity contribution in [3.8, 4) is 11.8 Å². The van der Waals surface area contributed by atoms with Crippen molar-refractivity contribution >= 4 is 29.1 Å². The van der Waals surface area contributed by atoms with E-state index in [1.165, 1.54) is 4.90 Å². The Hall–Kier alpha value is -3.83. The molecule has 1 aromatic heterocycles. The SMILES string of the molecule is N#Cc1ccc2c(c1)OC[C@H](N1CCc3c(nn(Cc4ccccc4)c3Cl)C1=O)C(=O)N2. The van der Waals surface area contributed by atoms with E-state index in [4.69, 9.17) is 21.6 Å². The highest BCUT2D eigenvalue weighted by Gasteiger charge is 2.39. The van der Waals surface area contributed by atoms with E-state index < -0.39 is 6.04 Å². The number of ether oxygens (including phenoxy) is 1. The van der Waals surface area contributed by atoms with Crippen LogP contribution in [-0.4, -0.2) is 45.7 Å². The maximum atomic E-state index is 13.3. The van der Waals surface area contributed by atoms with Gasteiger partial charge in [-0.05, 0) is 24.1 Å². The maximum absolute atomic E-state index is 13.3. The van der Waals surface area contributed by atoms with E-state index in [-0.39, 0.29) is 24.1 Å². The van der Waals surface area contributed by atoms with E-state index in [9.17, 15) is 9.59 Å². The molecule has 9 heteroatoms.